The Labute approximate surface area is 202 Å². The molecule has 2 aliphatic rings. The van der Waals surface area contributed by atoms with Crippen LogP contribution < -0.4 is 4.90 Å². The van der Waals surface area contributed by atoms with Crippen molar-refractivity contribution in [2.45, 2.75) is 18.9 Å². The highest BCUT2D eigenvalue weighted by Crippen LogP contribution is 2.48. The Morgan fingerprint density at radius 3 is 2.60 bits per heavy atom. The van der Waals surface area contributed by atoms with Crippen molar-refractivity contribution >= 4 is 32.4 Å². The lowest BCUT2D eigenvalue weighted by molar-refractivity contribution is -0.127. The fourth-order valence-electron chi connectivity index (χ4n) is 5.16. The number of hydrogen-bond acceptors (Lipinski definition) is 7. The van der Waals surface area contributed by atoms with Crippen molar-refractivity contribution in [2.24, 2.45) is 0 Å². The number of fused-ring (bicyclic) bond motifs is 3. The van der Waals surface area contributed by atoms with Gasteiger partial charge >= 0.3 is 0 Å². The molecule has 1 spiro atoms. The van der Waals surface area contributed by atoms with E-state index in [1.54, 1.807) is 29.7 Å². The minimum absolute atomic E-state index is 0.129. The summed E-state index contributed by atoms with van der Waals surface area (Å²) in [5, 5.41) is 9.97. The van der Waals surface area contributed by atoms with Gasteiger partial charge in [0.2, 0.25) is 15.9 Å². The zero-order valence-electron chi connectivity index (χ0n) is 19.2. The van der Waals surface area contributed by atoms with Gasteiger partial charge in [0.1, 0.15) is 5.41 Å². The van der Waals surface area contributed by atoms with E-state index in [-0.39, 0.29) is 25.5 Å². The normalized spacial score (nSPS) is 17.1. The Kier molecular flexibility index (Phi) is 4.74. The van der Waals surface area contributed by atoms with Gasteiger partial charge in [0, 0.05) is 42.0 Å². The summed E-state index contributed by atoms with van der Waals surface area (Å²) in [6, 6.07) is 9.88. The predicted molar refractivity (Wildman–Crippen MR) is 131 cm³/mol. The molecule has 1 amide bonds. The van der Waals surface area contributed by atoms with Gasteiger partial charge in [0.05, 0.1) is 42.8 Å². The van der Waals surface area contributed by atoms with Gasteiger partial charge in [-0.3, -0.25) is 14.8 Å². The molecule has 0 saturated carbocycles. The fourth-order valence-corrected chi connectivity index (χ4v) is 6.07. The minimum Gasteiger partial charge on any atom is -0.304 e. The molecule has 1 fully saturated rings. The van der Waals surface area contributed by atoms with Crippen LogP contribution in [0.3, 0.4) is 0 Å². The van der Waals surface area contributed by atoms with E-state index in [0.717, 1.165) is 33.0 Å². The van der Waals surface area contributed by atoms with Crippen LogP contribution in [0.1, 0.15) is 16.8 Å². The number of anilines is 1. The van der Waals surface area contributed by atoms with E-state index in [9.17, 15) is 13.2 Å². The molecule has 176 valence electrons. The molecule has 0 aliphatic carbocycles. The van der Waals surface area contributed by atoms with Gasteiger partial charge < -0.3 is 4.90 Å². The van der Waals surface area contributed by atoms with Gasteiger partial charge in [-0.15, -0.1) is 0 Å². The van der Waals surface area contributed by atoms with Crippen LogP contribution in [-0.2, 0) is 26.8 Å². The number of nitrogens with zero attached hydrogens (tertiary/aromatic N) is 6. The second-order valence-electron chi connectivity index (χ2n) is 9.20. The van der Waals surface area contributed by atoms with Crippen LogP contribution >= 0.6 is 0 Å². The van der Waals surface area contributed by atoms with Gasteiger partial charge in [-0.2, -0.15) is 14.5 Å². The topological polar surface area (TPSA) is 109 Å². The zero-order chi connectivity index (χ0) is 24.4. The first kappa shape index (κ1) is 21.8. The summed E-state index contributed by atoms with van der Waals surface area (Å²) < 4.78 is 25.5. The second-order valence-corrected chi connectivity index (χ2v) is 11.2. The van der Waals surface area contributed by atoms with E-state index in [2.05, 4.69) is 27.3 Å². The van der Waals surface area contributed by atoms with Crippen molar-refractivity contribution in [3.63, 3.8) is 0 Å². The number of carbonyl (C=O) groups excluding carboxylic acids is 1. The van der Waals surface area contributed by atoms with Crippen LogP contribution in [0.25, 0.3) is 21.9 Å². The number of aromatic nitrogens is 4. The Balaban J connectivity index is 1.46. The van der Waals surface area contributed by atoms with Crippen LogP contribution in [0.2, 0.25) is 0 Å². The summed E-state index contributed by atoms with van der Waals surface area (Å²) in [4.78, 5) is 24.5. The van der Waals surface area contributed by atoms with Crippen molar-refractivity contribution < 1.29 is 13.2 Å². The Bertz CT molecular complexity index is 1600. The lowest BCUT2D eigenvalue weighted by atomic mass is 9.76. The minimum atomic E-state index is -3.38. The molecule has 3 aromatic heterocycles. The summed E-state index contributed by atoms with van der Waals surface area (Å²) in [6.07, 6.45) is 9.63. The summed E-state index contributed by atoms with van der Waals surface area (Å²) in [7, 11) is -3.38. The lowest BCUT2D eigenvalue weighted by Gasteiger charge is -2.45. The molecule has 2 aliphatic heterocycles. The third-order valence-electron chi connectivity index (χ3n) is 6.93. The molecule has 0 N–H and O–H groups in total. The van der Waals surface area contributed by atoms with E-state index in [4.69, 9.17) is 4.98 Å². The fraction of sp³-hybridized carbons (Fsp3) is 0.240. The predicted octanol–water partition coefficient (Wildman–Crippen LogP) is 2.46. The van der Waals surface area contributed by atoms with Gasteiger partial charge in [-0.05, 0) is 36.1 Å². The third kappa shape index (κ3) is 3.32. The van der Waals surface area contributed by atoms with Crippen LogP contribution in [0, 0.1) is 6.92 Å². The molecule has 0 atom stereocenters. The van der Waals surface area contributed by atoms with Crippen LogP contribution in [-0.4, -0.2) is 58.1 Å². The number of aryl methyl sites for hydroxylation is 1. The second kappa shape index (κ2) is 7.62. The number of pyridine rings is 2. The van der Waals surface area contributed by atoms with Gasteiger partial charge in [-0.25, -0.2) is 8.42 Å². The Hall–Kier alpha value is -3.76. The van der Waals surface area contributed by atoms with E-state index in [1.807, 2.05) is 31.3 Å². The lowest BCUT2D eigenvalue weighted by Crippen LogP contribution is -2.64. The highest BCUT2D eigenvalue weighted by molar-refractivity contribution is 7.88. The van der Waals surface area contributed by atoms with Gasteiger partial charge in [0.15, 0.2) is 0 Å². The van der Waals surface area contributed by atoms with Crippen LogP contribution in [0.4, 0.5) is 5.69 Å². The summed E-state index contributed by atoms with van der Waals surface area (Å²) >= 11 is 0. The molecular formula is C25H22N6O3S. The van der Waals surface area contributed by atoms with Crippen LogP contribution in [0.5, 0.6) is 0 Å². The molecule has 0 radical (unpaired) electrons. The maximum Gasteiger partial charge on any atom is 0.240 e. The standard InChI is InChI=1S/C25H22N6O3S/c1-16-3-4-19-18(9-16)10-27-21(23(19)17-5-8-28-29-11-17)13-31-22-12-26-7-6-20(22)25(24(31)32)14-30(15-25)35(2,33)34/h3-12H,13-15H2,1-2H3. The highest BCUT2D eigenvalue weighted by atomic mass is 32.2. The first-order valence-electron chi connectivity index (χ1n) is 11.1. The Morgan fingerprint density at radius 1 is 1.03 bits per heavy atom. The SMILES string of the molecule is Cc1ccc2c(-c3ccnnc3)c(CN3C(=O)C4(CN(S(C)(=O)=O)C4)c4ccncc43)ncc2c1. The van der Waals surface area contributed by atoms with Crippen molar-refractivity contribution in [3.05, 3.63) is 78.1 Å². The van der Waals surface area contributed by atoms with E-state index in [0.29, 0.717) is 11.4 Å². The smallest absolute Gasteiger partial charge is 0.240 e. The molecule has 4 aromatic rings. The van der Waals surface area contributed by atoms with Crippen molar-refractivity contribution in [2.75, 3.05) is 24.2 Å². The van der Waals surface area contributed by atoms with E-state index < -0.39 is 15.4 Å². The van der Waals surface area contributed by atoms with Crippen LogP contribution in [0.15, 0.2) is 61.3 Å². The number of sulfonamides is 1. The number of hydrogen-bond donors (Lipinski definition) is 0. The molecule has 0 bridgehead atoms. The molecule has 0 unspecified atom stereocenters. The molecular weight excluding hydrogens is 464 g/mol. The highest BCUT2D eigenvalue weighted by Gasteiger charge is 2.60. The first-order chi connectivity index (χ1) is 16.8. The molecule has 9 nitrogen and oxygen atoms in total. The van der Waals surface area contributed by atoms with Gasteiger partial charge in [-0.1, -0.05) is 17.7 Å². The summed E-state index contributed by atoms with van der Waals surface area (Å²) in [6.45, 7) is 2.51. The van der Waals surface area contributed by atoms with E-state index in [1.165, 1.54) is 10.6 Å². The number of carbonyl (C=O) groups is 1. The largest absolute Gasteiger partial charge is 0.304 e. The molecule has 5 heterocycles. The van der Waals surface area contributed by atoms with Gasteiger partial charge in [0.25, 0.3) is 0 Å². The van der Waals surface area contributed by atoms with E-state index >= 15 is 0 Å². The summed E-state index contributed by atoms with van der Waals surface area (Å²) in [5.74, 6) is -0.134. The third-order valence-corrected chi connectivity index (χ3v) is 8.12. The van der Waals surface area contributed by atoms with Crippen molar-refractivity contribution in [1.82, 2.24) is 24.5 Å². The van der Waals surface area contributed by atoms with Crippen molar-refractivity contribution in [1.29, 1.82) is 0 Å². The Morgan fingerprint density at radius 2 is 1.86 bits per heavy atom. The average molecular weight is 487 g/mol. The number of rotatable bonds is 4. The maximum atomic E-state index is 13.8. The molecule has 6 rings (SSSR count). The molecule has 1 saturated heterocycles. The maximum absolute atomic E-state index is 13.8. The monoisotopic (exact) mass is 486 g/mol. The number of amides is 1. The zero-order valence-corrected chi connectivity index (χ0v) is 20.0. The average Bonchev–Trinajstić information content (AvgIpc) is 3.06. The molecule has 1 aromatic carbocycles. The first-order valence-corrected chi connectivity index (χ1v) is 13.0. The molecule has 10 heteroatoms. The molecule has 35 heavy (non-hydrogen) atoms. The quantitative estimate of drug-likeness (QED) is 0.436. The number of benzene rings is 1. The van der Waals surface area contributed by atoms with Crippen molar-refractivity contribution in [3.8, 4) is 11.1 Å². The summed E-state index contributed by atoms with van der Waals surface area (Å²) in [5.41, 5.74) is 4.20.